The minimum Gasteiger partial charge on any atom is -0.349 e. The minimum absolute atomic E-state index is 0.211. The summed E-state index contributed by atoms with van der Waals surface area (Å²) in [7, 11) is 0. The van der Waals surface area contributed by atoms with Crippen LogP contribution < -0.4 is 5.32 Å². The Bertz CT molecular complexity index is 173. The summed E-state index contributed by atoms with van der Waals surface area (Å²) < 4.78 is 0. The van der Waals surface area contributed by atoms with Gasteiger partial charge in [0, 0.05) is 12.5 Å². The van der Waals surface area contributed by atoms with E-state index in [1.165, 1.54) is 0 Å². The van der Waals surface area contributed by atoms with Gasteiger partial charge >= 0.3 is 0 Å². The second kappa shape index (κ2) is 4.91. The zero-order chi connectivity index (χ0) is 9.72. The van der Waals surface area contributed by atoms with Crippen molar-refractivity contribution in [1.82, 2.24) is 5.32 Å². The van der Waals surface area contributed by atoms with E-state index in [9.17, 15) is 9.59 Å². The Hall–Kier alpha value is -0.860. The molecule has 0 aromatic carbocycles. The molecule has 0 aliphatic carbocycles. The van der Waals surface area contributed by atoms with Crippen LogP contribution in [0.5, 0.6) is 0 Å². The van der Waals surface area contributed by atoms with Crippen molar-refractivity contribution in [2.45, 2.75) is 27.7 Å². The van der Waals surface area contributed by atoms with Crippen LogP contribution in [0.3, 0.4) is 0 Å². The van der Waals surface area contributed by atoms with Gasteiger partial charge in [0.05, 0.1) is 0 Å². The van der Waals surface area contributed by atoms with Crippen molar-refractivity contribution in [2.24, 2.45) is 11.8 Å². The van der Waals surface area contributed by atoms with Gasteiger partial charge < -0.3 is 5.32 Å². The summed E-state index contributed by atoms with van der Waals surface area (Å²) in [5.74, 6) is -0.625. The van der Waals surface area contributed by atoms with Crippen LogP contribution in [0.4, 0.5) is 0 Å². The van der Waals surface area contributed by atoms with Gasteiger partial charge in [-0.1, -0.05) is 27.7 Å². The molecule has 0 spiro atoms. The van der Waals surface area contributed by atoms with E-state index in [4.69, 9.17) is 0 Å². The average Bonchev–Trinajstić information content (AvgIpc) is 1.98. The maximum Gasteiger partial charge on any atom is 0.287 e. The summed E-state index contributed by atoms with van der Waals surface area (Å²) in [5.41, 5.74) is 0. The Morgan fingerprint density at radius 2 is 1.67 bits per heavy atom. The highest BCUT2D eigenvalue weighted by Gasteiger charge is 2.16. The van der Waals surface area contributed by atoms with Crippen molar-refractivity contribution < 1.29 is 9.59 Å². The number of ketones is 1. The first-order valence-electron chi connectivity index (χ1n) is 4.27. The maximum atomic E-state index is 11.0. The molecular formula is C9H17NO2. The summed E-state index contributed by atoms with van der Waals surface area (Å²) in [6.45, 7) is 7.98. The van der Waals surface area contributed by atoms with Gasteiger partial charge in [-0.2, -0.15) is 0 Å². The molecule has 1 amide bonds. The molecule has 3 nitrogen and oxygen atoms in total. The largest absolute Gasteiger partial charge is 0.349 e. The van der Waals surface area contributed by atoms with Crippen LogP contribution in [0.15, 0.2) is 0 Å². The molecular weight excluding hydrogens is 154 g/mol. The predicted octanol–water partition coefficient (Wildman–Crippen LogP) is 0.984. The van der Waals surface area contributed by atoms with Gasteiger partial charge in [0.25, 0.3) is 5.91 Å². The number of hydrogen-bond donors (Lipinski definition) is 1. The summed E-state index contributed by atoms with van der Waals surface area (Å²) in [5, 5.41) is 2.57. The Kier molecular flexibility index (Phi) is 4.55. The molecule has 70 valence electrons. The molecule has 0 aromatic heterocycles. The second-order valence-corrected chi connectivity index (χ2v) is 3.62. The first kappa shape index (κ1) is 11.1. The molecule has 0 fully saturated rings. The molecule has 0 saturated heterocycles. The molecule has 0 aliphatic heterocycles. The topological polar surface area (TPSA) is 46.2 Å². The first-order valence-corrected chi connectivity index (χ1v) is 4.27. The lowest BCUT2D eigenvalue weighted by Crippen LogP contribution is -2.35. The average molecular weight is 171 g/mol. The van der Waals surface area contributed by atoms with Gasteiger partial charge in [-0.15, -0.1) is 0 Å². The van der Waals surface area contributed by atoms with Crippen LogP contribution >= 0.6 is 0 Å². The summed E-state index contributed by atoms with van der Waals surface area (Å²) >= 11 is 0. The van der Waals surface area contributed by atoms with Crippen molar-refractivity contribution in [3.05, 3.63) is 0 Å². The smallest absolute Gasteiger partial charge is 0.287 e. The van der Waals surface area contributed by atoms with Crippen LogP contribution in [0.25, 0.3) is 0 Å². The van der Waals surface area contributed by atoms with Crippen molar-refractivity contribution in [2.75, 3.05) is 6.54 Å². The third-order valence-electron chi connectivity index (χ3n) is 1.42. The van der Waals surface area contributed by atoms with Crippen LogP contribution in [0.2, 0.25) is 0 Å². The zero-order valence-corrected chi connectivity index (χ0v) is 8.18. The fourth-order valence-electron chi connectivity index (χ4n) is 0.646. The highest BCUT2D eigenvalue weighted by atomic mass is 16.2. The molecule has 0 aromatic rings. The lowest BCUT2D eigenvalue weighted by Gasteiger charge is -2.07. The highest BCUT2D eigenvalue weighted by molar-refractivity contribution is 6.36. The molecule has 0 rings (SSSR count). The van der Waals surface area contributed by atoms with E-state index in [1.807, 2.05) is 13.8 Å². The van der Waals surface area contributed by atoms with Crippen molar-refractivity contribution in [3.63, 3.8) is 0 Å². The Labute approximate surface area is 73.5 Å². The van der Waals surface area contributed by atoms with Gasteiger partial charge in [-0.05, 0) is 5.92 Å². The van der Waals surface area contributed by atoms with E-state index in [-0.39, 0.29) is 11.7 Å². The molecule has 0 aliphatic rings. The number of carbonyl (C=O) groups is 2. The van der Waals surface area contributed by atoms with Gasteiger partial charge in [0.15, 0.2) is 0 Å². The quantitative estimate of drug-likeness (QED) is 0.641. The van der Waals surface area contributed by atoms with Gasteiger partial charge in [-0.25, -0.2) is 0 Å². The molecule has 0 heterocycles. The van der Waals surface area contributed by atoms with Crippen LogP contribution in [-0.4, -0.2) is 18.2 Å². The number of rotatable bonds is 4. The van der Waals surface area contributed by atoms with E-state index in [0.717, 1.165) is 0 Å². The summed E-state index contributed by atoms with van der Waals surface area (Å²) in [6, 6.07) is 0. The monoisotopic (exact) mass is 171 g/mol. The maximum absolute atomic E-state index is 11.0. The number of Topliss-reactive ketones (excluding diaryl/α,β-unsaturated/α-hetero) is 1. The van der Waals surface area contributed by atoms with E-state index >= 15 is 0 Å². The second-order valence-electron chi connectivity index (χ2n) is 3.62. The normalized spacial score (nSPS) is 10.5. The molecule has 0 atom stereocenters. The summed E-state index contributed by atoms with van der Waals surface area (Å²) in [6.07, 6.45) is 0. The molecule has 0 bridgehead atoms. The first-order chi connectivity index (χ1) is 5.45. The Morgan fingerprint density at radius 1 is 1.17 bits per heavy atom. The highest BCUT2D eigenvalue weighted by Crippen LogP contribution is 1.94. The molecule has 0 radical (unpaired) electrons. The predicted molar refractivity (Wildman–Crippen MR) is 47.7 cm³/mol. The molecule has 0 saturated carbocycles. The number of amides is 1. The van der Waals surface area contributed by atoms with Crippen LogP contribution in [0.1, 0.15) is 27.7 Å². The standard InChI is InChI=1S/C9H17NO2/c1-6(2)5-10-9(12)8(11)7(3)4/h6-7H,5H2,1-4H3,(H,10,12). The lowest BCUT2D eigenvalue weighted by molar-refractivity contribution is -0.139. The molecule has 0 unspecified atom stereocenters. The van der Waals surface area contributed by atoms with Gasteiger partial charge in [0.1, 0.15) is 0 Å². The molecule has 1 N–H and O–H groups in total. The van der Waals surface area contributed by atoms with E-state index in [1.54, 1.807) is 13.8 Å². The van der Waals surface area contributed by atoms with Gasteiger partial charge in [-0.3, -0.25) is 9.59 Å². The van der Waals surface area contributed by atoms with Crippen molar-refractivity contribution in [3.8, 4) is 0 Å². The van der Waals surface area contributed by atoms with Crippen LogP contribution in [-0.2, 0) is 9.59 Å². The number of carbonyl (C=O) groups excluding carboxylic acids is 2. The Morgan fingerprint density at radius 3 is 2.00 bits per heavy atom. The number of hydrogen-bond acceptors (Lipinski definition) is 2. The minimum atomic E-state index is -0.460. The summed E-state index contributed by atoms with van der Waals surface area (Å²) in [4.78, 5) is 22.1. The van der Waals surface area contributed by atoms with Crippen LogP contribution in [0, 0.1) is 11.8 Å². The van der Waals surface area contributed by atoms with Crippen molar-refractivity contribution in [1.29, 1.82) is 0 Å². The Balaban J connectivity index is 3.81. The van der Waals surface area contributed by atoms with E-state index in [0.29, 0.717) is 12.5 Å². The van der Waals surface area contributed by atoms with E-state index < -0.39 is 5.91 Å². The third-order valence-corrected chi connectivity index (χ3v) is 1.42. The molecule has 3 heteroatoms. The van der Waals surface area contributed by atoms with Gasteiger partial charge in [0.2, 0.25) is 5.78 Å². The zero-order valence-electron chi connectivity index (χ0n) is 8.18. The lowest BCUT2D eigenvalue weighted by atomic mass is 10.1. The SMILES string of the molecule is CC(C)CNC(=O)C(=O)C(C)C. The molecule has 12 heavy (non-hydrogen) atoms. The number of nitrogens with one attached hydrogen (secondary N) is 1. The third kappa shape index (κ3) is 4.11. The van der Waals surface area contributed by atoms with E-state index in [2.05, 4.69) is 5.32 Å². The van der Waals surface area contributed by atoms with Crippen molar-refractivity contribution >= 4 is 11.7 Å². The fourth-order valence-corrected chi connectivity index (χ4v) is 0.646. The fraction of sp³-hybridized carbons (Fsp3) is 0.778.